The highest BCUT2D eigenvalue weighted by atomic mass is 16.5. The number of nitrogens with one attached hydrogen (secondary N) is 1. The third-order valence-corrected chi connectivity index (χ3v) is 3.64. The lowest BCUT2D eigenvalue weighted by molar-refractivity contribution is -0.132. The van der Waals surface area contributed by atoms with Gasteiger partial charge in [-0.25, -0.2) is 4.90 Å². The second-order valence-corrected chi connectivity index (χ2v) is 5.37. The number of nitrogens with zero attached hydrogens (tertiary/aromatic N) is 1. The fourth-order valence-electron chi connectivity index (χ4n) is 2.62. The zero-order valence-electron chi connectivity index (χ0n) is 13.1. The van der Waals surface area contributed by atoms with Gasteiger partial charge in [-0.05, 0) is 18.2 Å². The second-order valence-electron chi connectivity index (χ2n) is 5.37. The average molecular weight is 324 g/mol. The Kier molecular flexibility index (Phi) is 4.29. The smallest absolute Gasteiger partial charge is 0.308 e. The Bertz CT molecular complexity index is 816. The summed E-state index contributed by atoms with van der Waals surface area (Å²) in [4.78, 5) is 37.3. The average Bonchev–Trinajstić information content (AvgIpc) is 2.56. The minimum Gasteiger partial charge on any atom is -0.426 e. The molecule has 24 heavy (non-hydrogen) atoms. The van der Waals surface area contributed by atoms with E-state index in [2.05, 4.69) is 5.32 Å². The quantitative estimate of drug-likeness (QED) is 0.691. The summed E-state index contributed by atoms with van der Waals surface area (Å²) in [5.41, 5.74) is 1.82. The number of anilines is 2. The van der Waals surface area contributed by atoms with E-state index in [1.54, 1.807) is 36.4 Å². The van der Waals surface area contributed by atoms with Gasteiger partial charge in [0, 0.05) is 12.5 Å². The van der Waals surface area contributed by atoms with Crippen molar-refractivity contribution < 1.29 is 19.1 Å². The predicted molar refractivity (Wildman–Crippen MR) is 88.9 cm³/mol. The van der Waals surface area contributed by atoms with Crippen LogP contribution in [0.5, 0.6) is 5.75 Å². The summed E-state index contributed by atoms with van der Waals surface area (Å²) in [5.74, 6) is -0.815. The molecular formula is C18H16N2O4. The topological polar surface area (TPSA) is 75.7 Å². The lowest BCUT2D eigenvalue weighted by atomic mass is 10.1. The first-order valence-electron chi connectivity index (χ1n) is 7.51. The highest BCUT2D eigenvalue weighted by molar-refractivity contribution is 6.20. The van der Waals surface area contributed by atoms with Crippen LogP contribution < -0.4 is 15.0 Å². The highest BCUT2D eigenvalue weighted by Gasteiger charge is 2.29. The molecule has 0 unspecified atom stereocenters. The molecule has 1 N–H and O–H groups in total. The van der Waals surface area contributed by atoms with Crippen LogP contribution >= 0.6 is 0 Å². The van der Waals surface area contributed by atoms with Gasteiger partial charge >= 0.3 is 5.97 Å². The third-order valence-electron chi connectivity index (χ3n) is 3.64. The molecule has 6 heteroatoms. The fourth-order valence-corrected chi connectivity index (χ4v) is 2.62. The Hall–Kier alpha value is -3.15. The maximum Gasteiger partial charge on any atom is 0.308 e. The maximum absolute atomic E-state index is 12.7. The zero-order valence-corrected chi connectivity index (χ0v) is 13.1. The predicted octanol–water partition coefficient (Wildman–Crippen LogP) is 2.14. The van der Waals surface area contributed by atoms with Gasteiger partial charge < -0.3 is 10.1 Å². The summed E-state index contributed by atoms with van der Waals surface area (Å²) >= 11 is 0. The summed E-state index contributed by atoms with van der Waals surface area (Å²) in [5, 5.41) is 2.99. The van der Waals surface area contributed by atoms with Crippen molar-refractivity contribution in [1.82, 2.24) is 0 Å². The standard InChI is InChI=1S/C18H16N2O4/c1-12(21)24-16-9-5-2-6-13(16)10-17(22)20-15-8-4-3-7-14(15)19-11-18(20)23/h2-9,19H,10-11H2,1H3. The van der Waals surface area contributed by atoms with E-state index < -0.39 is 5.97 Å². The van der Waals surface area contributed by atoms with Crippen molar-refractivity contribution >= 4 is 29.2 Å². The van der Waals surface area contributed by atoms with Crippen LogP contribution in [-0.2, 0) is 20.8 Å². The van der Waals surface area contributed by atoms with E-state index in [0.29, 0.717) is 17.0 Å². The van der Waals surface area contributed by atoms with Crippen LogP contribution in [0.15, 0.2) is 48.5 Å². The van der Waals surface area contributed by atoms with Gasteiger partial charge in [-0.15, -0.1) is 0 Å². The molecule has 2 amide bonds. The Labute approximate surface area is 139 Å². The van der Waals surface area contributed by atoms with Crippen molar-refractivity contribution in [2.24, 2.45) is 0 Å². The summed E-state index contributed by atoms with van der Waals surface area (Å²) in [6.45, 7) is 1.36. The van der Waals surface area contributed by atoms with Crippen LogP contribution in [0.2, 0.25) is 0 Å². The number of benzene rings is 2. The molecule has 6 nitrogen and oxygen atoms in total. The molecule has 0 radical (unpaired) electrons. The van der Waals surface area contributed by atoms with Crippen molar-refractivity contribution in [1.29, 1.82) is 0 Å². The zero-order chi connectivity index (χ0) is 17.1. The van der Waals surface area contributed by atoms with Gasteiger partial charge in [0.15, 0.2) is 0 Å². The fraction of sp³-hybridized carbons (Fsp3) is 0.167. The third kappa shape index (κ3) is 3.12. The first kappa shape index (κ1) is 15.7. The van der Waals surface area contributed by atoms with Gasteiger partial charge in [-0.3, -0.25) is 14.4 Å². The van der Waals surface area contributed by atoms with E-state index in [9.17, 15) is 14.4 Å². The van der Waals surface area contributed by atoms with Crippen molar-refractivity contribution in [2.75, 3.05) is 16.8 Å². The van der Waals surface area contributed by atoms with Crippen LogP contribution in [0.1, 0.15) is 12.5 Å². The number of esters is 1. The lowest BCUT2D eigenvalue weighted by Gasteiger charge is -2.28. The molecule has 2 aromatic carbocycles. The van der Waals surface area contributed by atoms with E-state index in [1.165, 1.54) is 11.8 Å². The van der Waals surface area contributed by atoms with Gasteiger partial charge in [-0.1, -0.05) is 30.3 Å². The van der Waals surface area contributed by atoms with E-state index in [-0.39, 0.29) is 24.8 Å². The highest BCUT2D eigenvalue weighted by Crippen LogP contribution is 2.30. The molecule has 0 saturated carbocycles. The van der Waals surface area contributed by atoms with Crippen LogP contribution in [0.4, 0.5) is 11.4 Å². The summed E-state index contributed by atoms with van der Waals surface area (Å²) in [6.07, 6.45) is -0.0382. The molecule has 0 aromatic heterocycles. The number of imide groups is 1. The number of para-hydroxylation sites is 3. The molecule has 1 aliphatic rings. The number of hydrogen-bond acceptors (Lipinski definition) is 5. The number of rotatable bonds is 3. The summed E-state index contributed by atoms with van der Waals surface area (Å²) in [7, 11) is 0. The second kappa shape index (κ2) is 6.54. The first-order chi connectivity index (χ1) is 11.6. The molecule has 3 rings (SSSR count). The Morgan fingerprint density at radius 1 is 1.12 bits per heavy atom. The van der Waals surface area contributed by atoms with Crippen LogP contribution in [0.3, 0.4) is 0 Å². The van der Waals surface area contributed by atoms with Crippen LogP contribution in [-0.4, -0.2) is 24.3 Å². The van der Waals surface area contributed by atoms with Crippen LogP contribution in [0, 0.1) is 0 Å². The van der Waals surface area contributed by atoms with Gasteiger partial charge in [0.1, 0.15) is 5.75 Å². The number of fused-ring (bicyclic) bond motifs is 1. The number of ether oxygens (including phenoxy) is 1. The van der Waals surface area contributed by atoms with E-state index in [4.69, 9.17) is 4.74 Å². The number of carbonyl (C=O) groups is 3. The number of carbonyl (C=O) groups excluding carboxylic acids is 3. The molecule has 0 saturated heterocycles. The van der Waals surface area contributed by atoms with Gasteiger partial charge in [0.25, 0.3) is 5.91 Å². The Balaban J connectivity index is 1.88. The largest absolute Gasteiger partial charge is 0.426 e. The first-order valence-corrected chi connectivity index (χ1v) is 7.51. The maximum atomic E-state index is 12.7. The van der Waals surface area contributed by atoms with Crippen molar-refractivity contribution in [3.05, 3.63) is 54.1 Å². The van der Waals surface area contributed by atoms with Gasteiger partial charge in [-0.2, -0.15) is 0 Å². The molecule has 0 bridgehead atoms. The molecule has 0 aliphatic carbocycles. The molecule has 1 heterocycles. The van der Waals surface area contributed by atoms with Crippen molar-refractivity contribution in [2.45, 2.75) is 13.3 Å². The Morgan fingerprint density at radius 3 is 2.62 bits per heavy atom. The van der Waals surface area contributed by atoms with E-state index >= 15 is 0 Å². The van der Waals surface area contributed by atoms with E-state index in [1.807, 2.05) is 12.1 Å². The van der Waals surface area contributed by atoms with E-state index in [0.717, 1.165) is 5.69 Å². The molecule has 1 aliphatic heterocycles. The Morgan fingerprint density at radius 2 is 1.83 bits per heavy atom. The minimum absolute atomic E-state index is 0.0382. The van der Waals surface area contributed by atoms with Crippen molar-refractivity contribution in [3.63, 3.8) is 0 Å². The molecule has 2 aromatic rings. The molecule has 0 atom stereocenters. The molecular weight excluding hydrogens is 308 g/mol. The molecule has 0 fully saturated rings. The summed E-state index contributed by atoms with van der Waals surface area (Å²) < 4.78 is 5.12. The lowest BCUT2D eigenvalue weighted by Crippen LogP contribution is -2.44. The number of hydrogen-bond donors (Lipinski definition) is 1. The SMILES string of the molecule is CC(=O)Oc1ccccc1CC(=O)N1C(=O)CNc2ccccc21. The monoisotopic (exact) mass is 324 g/mol. The van der Waals surface area contributed by atoms with Crippen molar-refractivity contribution in [3.8, 4) is 5.75 Å². The minimum atomic E-state index is -0.460. The van der Waals surface area contributed by atoms with Gasteiger partial charge in [0.05, 0.1) is 24.3 Å². The van der Waals surface area contributed by atoms with Gasteiger partial charge in [0.2, 0.25) is 5.91 Å². The van der Waals surface area contributed by atoms with Crippen LogP contribution in [0.25, 0.3) is 0 Å². The molecule has 122 valence electrons. The molecule has 0 spiro atoms. The number of amides is 2. The summed E-state index contributed by atoms with van der Waals surface area (Å²) in [6, 6.07) is 13.9. The normalized spacial score (nSPS) is 13.0.